The summed E-state index contributed by atoms with van der Waals surface area (Å²) in [6.45, 7) is 0.0815. The average molecular weight is 493 g/mol. The van der Waals surface area contributed by atoms with Gasteiger partial charge in [0.2, 0.25) is 27.6 Å². The Hall–Kier alpha value is -3.38. The molecule has 0 radical (unpaired) electrons. The molecule has 0 N–H and O–H groups in total. The zero-order chi connectivity index (χ0) is 24.3. The molecule has 180 valence electrons. The Labute approximate surface area is 195 Å². The summed E-state index contributed by atoms with van der Waals surface area (Å²) in [5.41, 5.74) is 0.741. The molecule has 0 saturated carbocycles. The highest BCUT2D eigenvalue weighted by Gasteiger charge is 2.34. The number of aryl methyl sites for hydroxylation is 1. The van der Waals surface area contributed by atoms with Crippen molar-refractivity contribution in [3.05, 3.63) is 60.0 Å². The summed E-state index contributed by atoms with van der Waals surface area (Å²) >= 11 is 0. The normalized spacial score (nSPS) is 14.9. The van der Waals surface area contributed by atoms with E-state index in [9.17, 15) is 22.0 Å². The summed E-state index contributed by atoms with van der Waals surface area (Å²) in [6.07, 6.45) is 0.319. The molecule has 1 aliphatic heterocycles. The maximum Gasteiger partial charge on any atom is 0.249 e. The first-order valence-electron chi connectivity index (χ1n) is 10.5. The molecule has 0 unspecified atom stereocenters. The smallest absolute Gasteiger partial charge is 0.249 e. The molecule has 1 saturated heterocycles. The lowest BCUT2D eigenvalue weighted by Gasteiger charge is -2.34. The zero-order valence-electron chi connectivity index (χ0n) is 18.3. The third-order valence-corrected chi connectivity index (χ3v) is 7.43. The molecule has 1 fully saturated rings. The van der Waals surface area contributed by atoms with Crippen molar-refractivity contribution >= 4 is 15.9 Å². The van der Waals surface area contributed by atoms with Crippen LogP contribution in [0.5, 0.6) is 5.75 Å². The van der Waals surface area contributed by atoms with Crippen LogP contribution >= 0.6 is 0 Å². The number of methoxy groups -OCH3 is 1. The number of aromatic nitrogens is 2. The largest absolute Gasteiger partial charge is 0.497 e. The Morgan fingerprint density at radius 2 is 1.71 bits per heavy atom. The molecule has 34 heavy (non-hydrogen) atoms. The summed E-state index contributed by atoms with van der Waals surface area (Å²) in [6, 6.07) is 10.0. The Balaban J connectivity index is 1.32. The van der Waals surface area contributed by atoms with Gasteiger partial charge in [-0.2, -0.15) is 9.29 Å². The zero-order valence-corrected chi connectivity index (χ0v) is 19.1. The molecule has 2 aromatic carbocycles. The van der Waals surface area contributed by atoms with Crippen molar-refractivity contribution in [2.24, 2.45) is 0 Å². The van der Waals surface area contributed by atoms with Gasteiger partial charge in [-0.25, -0.2) is 17.2 Å². The summed E-state index contributed by atoms with van der Waals surface area (Å²) < 4.78 is 64.6. The number of halogens is 2. The van der Waals surface area contributed by atoms with Crippen LogP contribution in [0.1, 0.15) is 12.3 Å². The average Bonchev–Trinajstić information content (AvgIpc) is 3.31. The molecule has 0 bridgehead atoms. The van der Waals surface area contributed by atoms with E-state index in [1.165, 1.54) is 4.90 Å². The number of piperazine rings is 1. The lowest BCUT2D eigenvalue weighted by atomic mass is 10.2. The number of sulfonamides is 1. The second-order valence-corrected chi connectivity index (χ2v) is 9.45. The van der Waals surface area contributed by atoms with Gasteiger partial charge in [0.05, 0.1) is 7.11 Å². The van der Waals surface area contributed by atoms with Crippen LogP contribution in [-0.2, 0) is 21.2 Å². The fraction of sp³-hybridized carbons (Fsp3) is 0.318. The van der Waals surface area contributed by atoms with Crippen LogP contribution in [0.4, 0.5) is 8.78 Å². The lowest BCUT2D eigenvalue weighted by Crippen LogP contribution is -2.50. The van der Waals surface area contributed by atoms with Crippen LogP contribution < -0.4 is 4.74 Å². The van der Waals surface area contributed by atoms with E-state index in [0.29, 0.717) is 17.5 Å². The van der Waals surface area contributed by atoms with E-state index in [1.807, 2.05) is 0 Å². The maximum atomic E-state index is 14.0. The molecular formula is C22H22F2N4O5S. The van der Waals surface area contributed by atoms with Crippen molar-refractivity contribution in [1.29, 1.82) is 0 Å². The first-order valence-corrected chi connectivity index (χ1v) is 11.9. The minimum absolute atomic E-state index is 0.0655. The van der Waals surface area contributed by atoms with Crippen molar-refractivity contribution in [2.75, 3.05) is 33.3 Å². The first kappa shape index (κ1) is 23.8. The highest BCUT2D eigenvalue weighted by atomic mass is 32.2. The Morgan fingerprint density at radius 3 is 2.32 bits per heavy atom. The minimum atomic E-state index is -4.35. The number of hydrogen-bond donors (Lipinski definition) is 0. The van der Waals surface area contributed by atoms with Gasteiger partial charge in [-0.3, -0.25) is 4.79 Å². The van der Waals surface area contributed by atoms with Crippen LogP contribution in [-0.4, -0.2) is 67.0 Å². The number of ether oxygens (including phenoxy) is 1. The topological polar surface area (TPSA) is 106 Å². The van der Waals surface area contributed by atoms with E-state index in [2.05, 4.69) is 10.1 Å². The third kappa shape index (κ3) is 4.92. The highest BCUT2D eigenvalue weighted by molar-refractivity contribution is 7.89. The van der Waals surface area contributed by atoms with E-state index in [0.717, 1.165) is 28.1 Å². The van der Waals surface area contributed by atoms with Crippen LogP contribution in [0.25, 0.3) is 11.4 Å². The number of nitrogens with zero attached hydrogens (tertiary/aromatic N) is 4. The van der Waals surface area contributed by atoms with Gasteiger partial charge in [0.15, 0.2) is 4.90 Å². The van der Waals surface area contributed by atoms with Gasteiger partial charge < -0.3 is 14.2 Å². The lowest BCUT2D eigenvalue weighted by molar-refractivity contribution is -0.132. The van der Waals surface area contributed by atoms with Gasteiger partial charge in [-0.1, -0.05) is 11.2 Å². The third-order valence-electron chi connectivity index (χ3n) is 5.48. The molecule has 1 aromatic heterocycles. The predicted molar refractivity (Wildman–Crippen MR) is 116 cm³/mol. The van der Waals surface area contributed by atoms with E-state index >= 15 is 0 Å². The Bertz CT molecular complexity index is 1250. The summed E-state index contributed by atoms with van der Waals surface area (Å²) in [4.78, 5) is 17.4. The summed E-state index contributed by atoms with van der Waals surface area (Å²) in [7, 11) is -2.78. The summed E-state index contributed by atoms with van der Waals surface area (Å²) in [5, 5.41) is 3.93. The monoisotopic (exact) mass is 492 g/mol. The van der Waals surface area contributed by atoms with E-state index in [1.54, 1.807) is 31.4 Å². The predicted octanol–water partition coefficient (Wildman–Crippen LogP) is 2.49. The molecule has 0 aliphatic carbocycles. The number of carbonyl (C=O) groups is 1. The van der Waals surface area contributed by atoms with Gasteiger partial charge in [0.25, 0.3) is 0 Å². The molecule has 1 amide bonds. The minimum Gasteiger partial charge on any atom is -0.497 e. The van der Waals surface area contributed by atoms with Crippen molar-refractivity contribution in [3.63, 3.8) is 0 Å². The molecule has 2 heterocycles. The van der Waals surface area contributed by atoms with Crippen molar-refractivity contribution < 1.29 is 31.3 Å². The number of rotatable bonds is 7. The maximum absolute atomic E-state index is 14.0. The van der Waals surface area contributed by atoms with Crippen LogP contribution in [0.3, 0.4) is 0 Å². The van der Waals surface area contributed by atoms with Crippen molar-refractivity contribution in [3.8, 4) is 17.1 Å². The number of hydrogen-bond acceptors (Lipinski definition) is 7. The van der Waals surface area contributed by atoms with E-state index in [4.69, 9.17) is 9.26 Å². The van der Waals surface area contributed by atoms with Crippen molar-refractivity contribution in [1.82, 2.24) is 19.3 Å². The number of benzene rings is 2. The number of carbonyl (C=O) groups excluding carboxylic acids is 1. The molecule has 0 atom stereocenters. The van der Waals surface area contributed by atoms with Gasteiger partial charge in [-0.15, -0.1) is 0 Å². The van der Waals surface area contributed by atoms with E-state index < -0.39 is 26.6 Å². The Kier molecular flexibility index (Phi) is 6.89. The highest BCUT2D eigenvalue weighted by Crippen LogP contribution is 2.24. The SMILES string of the molecule is COc1ccc(-c2noc(CCC(=O)N3CCN(S(=O)(=O)c4c(F)cccc4F)CC3)n2)cc1. The second-order valence-electron chi connectivity index (χ2n) is 7.58. The van der Waals surface area contributed by atoms with Crippen LogP contribution in [0, 0.1) is 11.6 Å². The van der Waals surface area contributed by atoms with Gasteiger partial charge in [0.1, 0.15) is 17.4 Å². The van der Waals surface area contributed by atoms with Gasteiger partial charge in [-0.05, 0) is 36.4 Å². The van der Waals surface area contributed by atoms with Crippen LogP contribution in [0.15, 0.2) is 51.9 Å². The fourth-order valence-electron chi connectivity index (χ4n) is 3.62. The van der Waals surface area contributed by atoms with Gasteiger partial charge in [0, 0.05) is 44.6 Å². The molecule has 0 spiro atoms. The fourth-order valence-corrected chi connectivity index (χ4v) is 5.15. The van der Waals surface area contributed by atoms with Crippen LogP contribution in [0.2, 0.25) is 0 Å². The standard InChI is InChI=1S/C22H22F2N4O5S/c1-32-16-7-5-15(6-8-16)22-25-19(33-26-22)9-10-20(29)27-11-13-28(14-12-27)34(30,31)21-17(23)3-2-4-18(21)24/h2-8H,9-14H2,1H3. The molecule has 1 aliphatic rings. The number of amides is 1. The molecule has 9 nitrogen and oxygen atoms in total. The molecule has 4 rings (SSSR count). The molecular weight excluding hydrogens is 470 g/mol. The second kappa shape index (κ2) is 9.85. The molecule has 12 heteroatoms. The van der Waals surface area contributed by atoms with E-state index in [-0.39, 0.29) is 44.9 Å². The van der Waals surface area contributed by atoms with Gasteiger partial charge >= 0.3 is 0 Å². The summed E-state index contributed by atoms with van der Waals surface area (Å²) in [5.74, 6) is -1.11. The molecule has 3 aromatic rings. The first-order chi connectivity index (χ1) is 16.3. The van der Waals surface area contributed by atoms with Crippen molar-refractivity contribution in [2.45, 2.75) is 17.7 Å². The quantitative estimate of drug-likeness (QED) is 0.499. The Morgan fingerprint density at radius 1 is 1.06 bits per heavy atom.